The number of nitrogens with zero attached hydrogens (tertiary/aromatic N) is 4. The van der Waals surface area contributed by atoms with Gasteiger partial charge in [-0.15, -0.1) is 0 Å². The van der Waals surface area contributed by atoms with Gasteiger partial charge in [-0.3, -0.25) is 4.57 Å². The highest BCUT2D eigenvalue weighted by atomic mass is 16.5. The van der Waals surface area contributed by atoms with Crippen LogP contribution in [-0.4, -0.2) is 46.5 Å². The van der Waals surface area contributed by atoms with Crippen LogP contribution in [0, 0.1) is 6.92 Å². The Balaban J connectivity index is 1.91. The molecule has 0 radical (unpaired) electrons. The van der Waals surface area contributed by atoms with E-state index in [1.54, 1.807) is 38.5 Å². The maximum absolute atomic E-state index is 13.6. The van der Waals surface area contributed by atoms with Crippen molar-refractivity contribution >= 4 is 22.7 Å². The number of rotatable bonds is 7. The number of nitrogens with two attached hydrogens (primary N) is 2. The fraction of sp³-hybridized carbons (Fsp3) is 0.227. The summed E-state index contributed by atoms with van der Waals surface area (Å²) >= 11 is 0. The molecule has 0 atom stereocenters. The third kappa shape index (κ3) is 3.60. The highest BCUT2D eigenvalue weighted by molar-refractivity contribution is 5.85. The Hall–Kier alpha value is -4.05. The van der Waals surface area contributed by atoms with Crippen LogP contribution < -0.4 is 26.6 Å². The molecule has 0 aliphatic rings. The van der Waals surface area contributed by atoms with E-state index in [4.69, 9.17) is 25.7 Å². The monoisotopic (exact) mass is 436 g/mol. The fourth-order valence-electron chi connectivity index (χ4n) is 3.51. The van der Waals surface area contributed by atoms with Crippen molar-refractivity contribution in [3.63, 3.8) is 0 Å². The fourth-order valence-corrected chi connectivity index (χ4v) is 3.51. The van der Waals surface area contributed by atoms with Crippen LogP contribution in [0.4, 0.5) is 11.5 Å². The van der Waals surface area contributed by atoms with E-state index in [0.29, 0.717) is 52.9 Å². The largest absolute Gasteiger partial charge is 0.496 e. The highest BCUT2D eigenvalue weighted by Crippen LogP contribution is 2.29. The molecule has 166 valence electrons. The molecule has 0 saturated heterocycles. The standard InChI is InChI=1S/C22H24N6O4/c1-13-4-5-15(11-18(13)31-3)27-19-20(24)25-12-26-21(19)28(22(27)29)14-6-7-17(16(23)10-14)32-9-8-30-2/h4-7,10-12H,8-9,23H2,1-3H3,(H2,24,25,26). The zero-order valence-electron chi connectivity index (χ0n) is 18.0. The number of methoxy groups -OCH3 is 2. The zero-order chi connectivity index (χ0) is 22.8. The van der Waals surface area contributed by atoms with Crippen LogP contribution in [0.1, 0.15) is 5.56 Å². The Bertz CT molecular complexity index is 1340. The Morgan fingerprint density at radius 1 is 0.938 bits per heavy atom. The van der Waals surface area contributed by atoms with Crippen LogP contribution in [0.5, 0.6) is 11.5 Å². The first kappa shape index (κ1) is 21.2. The van der Waals surface area contributed by atoms with Gasteiger partial charge >= 0.3 is 5.69 Å². The summed E-state index contributed by atoms with van der Waals surface area (Å²) in [6, 6.07) is 10.5. The maximum Gasteiger partial charge on any atom is 0.339 e. The zero-order valence-corrected chi connectivity index (χ0v) is 18.0. The first-order chi connectivity index (χ1) is 15.5. The second kappa shape index (κ2) is 8.60. The number of hydrogen-bond donors (Lipinski definition) is 2. The van der Waals surface area contributed by atoms with Gasteiger partial charge in [-0.05, 0) is 36.8 Å². The molecular weight excluding hydrogens is 412 g/mol. The molecule has 2 aromatic heterocycles. The van der Waals surface area contributed by atoms with Crippen molar-refractivity contribution in [2.24, 2.45) is 0 Å². The molecule has 2 aromatic carbocycles. The lowest BCUT2D eigenvalue weighted by Gasteiger charge is -2.10. The van der Waals surface area contributed by atoms with Crippen molar-refractivity contribution in [3.05, 3.63) is 58.8 Å². The van der Waals surface area contributed by atoms with E-state index in [-0.39, 0.29) is 11.5 Å². The molecule has 10 heteroatoms. The van der Waals surface area contributed by atoms with E-state index in [1.807, 2.05) is 19.1 Å². The number of fused-ring (bicyclic) bond motifs is 1. The predicted octanol–water partition coefficient (Wildman–Crippen LogP) is 2.08. The number of ether oxygens (including phenoxy) is 3. The molecule has 4 aromatic rings. The van der Waals surface area contributed by atoms with Gasteiger partial charge in [-0.25, -0.2) is 19.3 Å². The van der Waals surface area contributed by atoms with E-state index in [9.17, 15) is 4.79 Å². The highest BCUT2D eigenvalue weighted by Gasteiger charge is 2.21. The number of nitrogen functional groups attached to an aromatic ring is 2. The molecule has 0 aliphatic carbocycles. The molecule has 0 unspecified atom stereocenters. The van der Waals surface area contributed by atoms with E-state index in [1.165, 1.54) is 15.5 Å². The second-order valence-corrected chi connectivity index (χ2v) is 7.10. The molecule has 10 nitrogen and oxygen atoms in total. The molecule has 2 heterocycles. The number of anilines is 2. The van der Waals surface area contributed by atoms with Gasteiger partial charge in [0.25, 0.3) is 0 Å². The Morgan fingerprint density at radius 3 is 2.41 bits per heavy atom. The maximum atomic E-state index is 13.6. The van der Waals surface area contributed by atoms with E-state index >= 15 is 0 Å². The minimum atomic E-state index is -0.370. The van der Waals surface area contributed by atoms with Crippen LogP contribution in [0.3, 0.4) is 0 Å². The Kier molecular flexibility index (Phi) is 5.69. The minimum Gasteiger partial charge on any atom is -0.496 e. The van der Waals surface area contributed by atoms with Crippen LogP contribution >= 0.6 is 0 Å². The average Bonchev–Trinajstić information content (AvgIpc) is 3.08. The Morgan fingerprint density at radius 2 is 1.69 bits per heavy atom. The predicted molar refractivity (Wildman–Crippen MR) is 122 cm³/mol. The summed E-state index contributed by atoms with van der Waals surface area (Å²) < 4.78 is 18.9. The summed E-state index contributed by atoms with van der Waals surface area (Å²) in [5, 5.41) is 0. The van der Waals surface area contributed by atoms with E-state index < -0.39 is 0 Å². The van der Waals surface area contributed by atoms with E-state index in [2.05, 4.69) is 9.97 Å². The van der Waals surface area contributed by atoms with Gasteiger partial charge in [0.05, 0.1) is 30.8 Å². The smallest absolute Gasteiger partial charge is 0.339 e. The first-order valence-corrected chi connectivity index (χ1v) is 9.86. The molecule has 0 amide bonds. The van der Waals surface area contributed by atoms with Gasteiger partial charge in [0.2, 0.25) is 0 Å². The molecule has 0 bridgehead atoms. The average molecular weight is 436 g/mol. The SMILES string of the molecule is COCCOc1ccc(-n2c(=O)n(-c3ccc(C)c(OC)c3)c3c(N)ncnc32)cc1N. The van der Waals surface area contributed by atoms with Crippen molar-refractivity contribution in [2.75, 3.05) is 38.9 Å². The van der Waals surface area contributed by atoms with Gasteiger partial charge in [-0.2, -0.15) is 0 Å². The van der Waals surface area contributed by atoms with Crippen LogP contribution in [0.25, 0.3) is 22.5 Å². The number of aryl methyl sites for hydroxylation is 1. The van der Waals surface area contributed by atoms with Crippen molar-refractivity contribution in [1.82, 2.24) is 19.1 Å². The number of benzene rings is 2. The lowest BCUT2D eigenvalue weighted by Crippen LogP contribution is -2.22. The summed E-state index contributed by atoms with van der Waals surface area (Å²) in [5.74, 6) is 1.32. The minimum absolute atomic E-state index is 0.179. The molecule has 4 N–H and O–H groups in total. The number of hydrogen-bond acceptors (Lipinski definition) is 8. The lowest BCUT2D eigenvalue weighted by atomic mass is 10.2. The summed E-state index contributed by atoms with van der Waals surface area (Å²) in [7, 11) is 3.17. The number of imidazole rings is 1. The molecule has 0 saturated carbocycles. The normalized spacial score (nSPS) is 11.1. The Labute approximate surface area is 184 Å². The molecule has 0 aliphatic heterocycles. The van der Waals surface area contributed by atoms with Gasteiger partial charge in [0.15, 0.2) is 11.5 Å². The summed E-state index contributed by atoms with van der Waals surface area (Å²) in [4.78, 5) is 22.0. The van der Waals surface area contributed by atoms with Crippen molar-refractivity contribution in [3.8, 4) is 22.9 Å². The van der Waals surface area contributed by atoms with Crippen molar-refractivity contribution < 1.29 is 14.2 Å². The lowest BCUT2D eigenvalue weighted by molar-refractivity contribution is 0.146. The van der Waals surface area contributed by atoms with Crippen LogP contribution in [0.2, 0.25) is 0 Å². The third-order valence-corrected chi connectivity index (χ3v) is 5.10. The summed E-state index contributed by atoms with van der Waals surface area (Å²) in [5.41, 5.74) is 15.1. The van der Waals surface area contributed by atoms with E-state index in [0.717, 1.165) is 5.56 Å². The summed E-state index contributed by atoms with van der Waals surface area (Å²) in [6.07, 6.45) is 1.32. The molecule has 0 spiro atoms. The second-order valence-electron chi connectivity index (χ2n) is 7.10. The van der Waals surface area contributed by atoms with Gasteiger partial charge in [0.1, 0.15) is 29.9 Å². The van der Waals surface area contributed by atoms with Crippen molar-refractivity contribution in [2.45, 2.75) is 6.92 Å². The third-order valence-electron chi connectivity index (χ3n) is 5.10. The van der Waals surface area contributed by atoms with Gasteiger partial charge < -0.3 is 25.7 Å². The van der Waals surface area contributed by atoms with Crippen LogP contribution in [-0.2, 0) is 4.74 Å². The van der Waals surface area contributed by atoms with Crippen LogP contribution in [0.15, 0.2) is 47.5 Å². The summed E-state index contributed by atoms with van der Waals surface area (Å²) in [6.45, 7) is 2.72. The molecule has 32 heavy (non-hydrogen) atoms. The molecule has 4 rings (SSSR count). The quantitative estimate of drug-likeness (QED) is 0.332. The van der Waals surface area contributed by atoms with Gasteiger partial charge in [0, 0.05) is 13.2 Å². The number of aromatic nitrogens is 4. The first-order valence-electron chi connectivity index (χ1n) is 9.86. The molecule has 0 fully saturated rings. The topological polar surface area (TPSA) is 132 Å². The van der Waals surface area contributed by atoms with Gasteiger partial charge in [-0.1, -0.05) is 6.07 Å². The molecular formula is C22H24N6O4. The van der Waals surface area contributed by atoms with Crippen molar-refractivity contribution in [1.29, 1.82) is 0 Å².